The van der Waals surface area contributed by atoms with E-state index in [1.54, 1.807) is 0 Å². The minimum Gasteiger partial charge on any atom is -0.466 e. The molecule has 0 aliphatic heterocycles. The van der Waals surface area contributed by atoms with Gasteiger partial charge in [-0.05, 0) is 27.7 Å². The Morgan fingerprint density at radius 3 is 1.89 bits per heavy atom. The Balaban J connectivity index is 5.14. The molecule has 0 saturated carbocycles. The fourth-order valence-electron chi connectivity index (χ4n) is 1.63. The lowest BCUT2D eigenvalue weighted by Crippen LogP contribution is -2.44. The van der Waals surface area contributed by atoms with E-state index in [1.807, 2.05) is 0 Å². The first-order valence-electron chi connectivity index (χ1n) is 5.96. The van der Waals surface area contributed by atoms with Gasteiger partial charge in [-0.1, -0.05) is 0 Å². The lowest BCUT2D eigenvalue weighted by Gasteiger charge is -2.32. The molecule has 0 bridgehead atoms. The number of carbonyl (C=O) groups excluding carboxylic acids is 2. The van der Waals surface area contributed by atoms with Gasteiger partial charge in [-0.2, -0.15) is 13.2 Å². The van der Waals surface area contributed by atoms with Crippen LogP contribution < -0.4 is 0 Å². The summed E-state index contributed by atoms with van der Waals surface area (Å²) in [7, 11) is 0. The maximum Gasteiger partial charge on any atom is 0.393 e. The van der Waals surface area contributed by atoms with Crippen LogP contribution in [0, 0.1) is 11.3 Å². The molecule has 0 aliphatic rings. The van der Waals surface area contributed by atoms with Crippen LogP contribution in [0.15, 0.2) is 0 Å². The van der Waals surface area contributed by atoms with Crippen molar-refractivity contribution >= 4 is 11.9 Å². The average molecular weight is 284 g/mol. The van der Waals surface area contributed by atoms with Crippen LogP contribution in [0.4, 0.5) is 13.2 Å². The Hall–Kier alpha value is -1.27. The number of hydrogen-bond donors (Lipinski definition) is 0. The van der Waals surface area contributed by atoms with E-state index in [1.165, 1.54) is 13.8 Å². The molecule has 1 unspecified atom stereocenters. The topological polar surface area (TPSA) is 52.6 Å². The minimum atomic E-state index is -4.69. The molecule has 0 aromatic carbocycles. The van der Waals surface area contributed by atoms with Gasteiger partial charge in [-0.15, -0.1) is 0 Å². The van der Waals surface area contributed by atoms with E-state index in [0.29, 0.717) is 0 Å². The second-order valence-corrected chi connectivity index (χ2v) is 4.55. The summed E-state index contributed by atoms with van der Waals surface area (Å²) in [4.78, 5) is 22.9. The monoisotopic (exact) mass is 284 g/mol. The van der Waals surface area contributed by atoms with Crippen LogP contribution in [-0.2, 0) is 19.1 Å². The van der Waals surface area contributed by atoms with Crippen molar-refractivity contribution in [3.63, 3.8) is 0 Å². The normalized spacial score (nSPS) is 13.8. The van der Waals surface area contributed by atoms with Crippen LogP contribution >= 0.6 is 0 Å². The van der Waals surface area contributed by atoms with Gasteiger partial charge in [0.1, 0.15) is 0 Å². The van der Waals surface area contributed by atoms with Gasteiger partial charge < -0.3 is 9.47 Å². The number of esters is 2. The summed E-state index contributed by atoms with van der Waals surface area (Å²) >= 11 is 0. The first-order valence-corrected chi connectivity index (χ1v) is 5.96. The lowest BCUT2D eigenvalue weighted by atomic mass is 9.76. The number of carbonyl (C=O) groups is 2. The second-order valence-electron chi connectivity index (χ2n) is 4.55. The molecule has 0 spiro atoms. The number of hydrogen-bond acceptors (Lipinski definition) is 4. The van der Waals surface area contributed by atoms with Crippen molar-refractivity contribution in [3.8, 4) is 0 Å². The third kappa shape index (κ3) is 5.08. The first kappa shape index (κ1) is 17.7. The maximum absolute atomic E-state index is 13.0. The Labute approximate surface area is 110 Å². The molecule has 0 rings (SSSR count). The highest BCUT2D eigenvalue weighted by Crippen LogP contribution is 2.43. The molecule has 0 aromatic heterocycles. The SMILES string of the molecule is CCOC(=O)CC(C(F)(F)F)C(C)(C)C(=O)OCC. The standard InChI is InChI=1S/C12H19F3O4/c1-5-18-9(16)7-8(12(13,14)15)11(3,4)10(17)19-6-2/h8H,5-7H2,1-4H3. The van der Waals surface area contributed by atoms with Gasteiger partial charge in [0.25, 0.3) is 0 Å². The third-order valence-corrected chi connectivity index (χ3v) is 2.74. The molecule has 0 saturated heterocycles. The van der Waals surface area contributed by atoms with Crippen molar-refractivity contribution in [1.82, 2.24) is 0 Å². The van der Waals surface area contributed by atoms with Crippen molar-refractivity contribution in [3.05, 3.63) is 0 Å². The van der Waals surface area contributed by atoms with Gasteiger partial charge in [-0.25, -0.2) is 0 Å². The fraction of sp³-hybridized carbons (Fsp3) is 0.833. The van der Waals surface area contributed by atoms with Gasteiger partial charge in [0.15, 0.2) is 0 Å². The Kier molecular flexibility index (Phi) is 6.32. The molecule has 4 nitrogen and oxygen atoms in total. The predicted octanol–water partition coefficient (Wildman–Crippen LogP) is 2.71. The zero-order chi connectivity index (χ0) is 15.3. The molecule has 1 atom stereocenters. The molecular weight excluding hydrogens is 265 g/mol. The van der Waals surface area contributed by atoms with Crippen molar-refractivity contribution < 1.29 is 32.2 Å². The summed E-state index contributed by atoms with van der Waals surface area (Å²) in [6, 6.07) is 0. The highest BCUT2D eigenvalue weighted by molar-refractivity contribution is 5.78. The van der Waals surface area contributed by atoms with Crippen LogP contribution in [0.1, 0.15) is 34.1 Å². The van der Waals surface area contributed by atoms with Crippen LogP contribution in [0.5, 0.6) is 0 Å². The van der Waals surface area contributed by atoms with Crippen LogP contribution in [0.25, 0.3) is 0 Å². The van der Waals surface area contributed by atoms with Gasteiger partial charge >= 0.3 is 18.1 Å². The van der Waals surface area contributed by atoms with E-state index in [2.05, 4.69) is 9.47 Å². The summed E-state index contributed by atoms with van der Waals surface area (Å²) in [5.74, 6) is -4.11. The Morgan fingerprint density at radius 1 is 1.05 bits per heavy atom. The molecule has 0 radical (unpaired) electrons. The molecular formula is C12H19F3O4. The molecule has 0 amide bonds. The number of alkyl halides is 3. The van der Waals surface area contributed by atoms with E-state index in [-0.39, 0.29) is 13.2 Å². The number of halogens is 3. The lowest BCUT2D eigenvalue weighted by molar-refractivity contribution is -0.217. The Morgan fingerprint density at radius 2 is 1.53 bits per heavy atom. The van der Waals surface area contributed by atoms with Gasteiger partial charge in [0.05, 0.1) is 31.0 Å². The summed E-state index contributed by atoms with van der Waals surface area (Å²) in [5.41, 5.74) is -1.85. The molecule has 112 valence electrons. The summed E-state index contributed by atoms with van der Waals surface area (Å²) in [6.45, 7) is 5.19. The zero-order valence-electron chi connectivity index (χ0n) is 11.5. The van der Waals surface area contributed by atoms with Crippen LogP contribution in [-0.4, -0.2) is 31.3 Å². The van der Waals surface area contributed by atoms with E-state index in [0.717, 1.165) is 13.8 Å². The third-order valence-electron chi connectivity index (χ3n) is 2.74. The van der Waals surface area contributed by atoms with Gasteiger partial charge in [0.2, 0.25) is 0 Å². The van der Waals surface area contributed by atoms with Gasteiger partial charge in [-0.3, -0.25) is 9.59 Å². The summed E-state index contributed by atoms with van der Waals surface area (Å²) < 4.78 is 48.1. The maximum atomic E-state index is 13.0. The van der Waals surface area contributed by atoms with Crippen molar-refractivity contribution in [2.45, 2.75) is 40.3 Å². The van der Waals surface area contributed by atoms with Crippen molar-refractivity contribution in [2.75, 3.05) is 13.2 Å². The molecule has 7 heteroatoms. The quantitative estimate of drug-likeness (QED) is 0.704. The minimum absolute atomic E-state index is 0.0107. The highest BCUT2D eigenvalue weighted by Gasteiger charge is 2.54. The molecule has 0 N–H and O–H groups in total. The Bertz CT molecular complexity index is 323. The molecule has 0 aromatic rings. The first-order chi connectivity index (χ1) is 8.57. The zero-order valence-corrected chi connectivity index (χ0v) is 11.5. The molecule has 0 aliphatic carbocycles. The van der Waals surface area contributed by atoms with Crippen molar-refractivity contribution in [2.24, 2.45) is 11.3 Å². The summed E-state index contributed by atoms with van der Waals surface area (Å²) in [6.07, 6.45) is -5.59. The predicted molar refractivity (Wildman–Crippen MR) is 61.2 cm³/mol. The fourth-order valence-corrected chi connectivity index (χ4v) is 1.63. The number of ether oxygens (including phenoxy) is 2. The highest BCUT2D eigenvalue weighted by atomic mass is 19.4. The number of rotatable bonds is 6. The smallest absolute Gasteiger partial charge is 0.393 e. The van der Waals surface area contributed by atoms with E-state index in [4.69, 9.17) is 0 Å². The van der Waals surface area contributed by atoms with E-state index < -0.39 is 35.9 Å². The van der Waals surface area contributed by atoms with Crippen molar-refractivity contribution in [1.29, 1.82) is 0 Å². The second kappa shape index (κ2) is 6.77. The molecule has 0 fully saturated rings. The van der Waals surface area contributed by atoms with Crippen LogP contribution in [0.2, 0.25) is 0 Å². The average Bonchev–Trinajstić information content (AvgIpc) is 2.25. The van der Waals surface area contributed by atoms with E-state index in [9.17, 15) is 22.8 Å². The van der Waals surface area contributed by atoms with Gasteiger partial charge in [0, 0.05) is 0 Å². The molecule has 19 heavy (non-hydrogen) atoms. The van der Waals surface area contributed by atoms with E-state index >= 15 is 0 Å². The largest absolute Gasteiger partial charge is 0.466 e. The summed E-state index contributed by atoms with van der Waals surface area (Å²) in [5, 5.41) is 0. The molecule has 0 heterocycles. The van der Waals surface area contributed by atoms with Crippen LogP contribution in [0.3, 0.4) is 0 Å².